The number of rotatable bonds is 7. The summed E-state index contributed by atoms with van der Waals surface area (Å²) in [4.78, 5) is 8.02. The minimum absolute atomic E-state index is 0. The van der Waals surface area contributed by atoms with Crippen molar-refractivity contribution >= 4 is 0 Å². The highest BCUT2D eigenvalue weighted by Gasteiger charge is 2.25. The molecule has 0 atom stereocenters. The van der Waals surface area contributed by atoms with Crippen molar-refractivity contribution in [2.45, 2.75) is 47.0 Å². The van der Waals surface area contributed by atoms with Crippen LogP contribution in [0.15, 0.2) is 0 Å². The maximum absolute atomic E-state index is 5.20. The molecule has 0 aliphatic carbocycles. The molecule has 5 nitrogen and oxygen atoms in total. The topological polar surface area (TPSA) is 31.0 Å². The summed E-state index contributed by atoms with van der Waals surface area (Å²) in [6.07, 6.45) is 5.50. The molecule has 162 valence electrons. The van der Waals surface area contributed by atoms with Crippen molar-refractivity contribution in [2.75, 3.05) is 85.7 Å². The molecule has 0 aromatic heterocycles. The maximum atomic E-state index is 5.20. The van der Waals surface area contributed by atoms with Gasteiger partial charge in [0.05, 0.1) is 6.61 Å². The van der Waals surface area contributed by atoms with Gasteiger partial charge in [-0.15, -0.1) is 0 Å². The molecule has 5 heteroatoms. The van der Waals surface area contributed by atoms with E-state index in [2.05, 4.69) is 20.0 Å². The lowest BCUT2D eigenvalue weighted by molar-refractivity contribution is 0.0768. The van der Waals surface area contributed by atoms with Crippen LogP contribution in [0, 0.1) is 11.8 Å². The summed E-state index contributed by atoms with van der Waals surface area (Å²) in [5.74, 6) is 1.86. The highest BCUT2D eigenvalue weighted by Crippen LogP contribution is 2.20. The van der Waals surface area contributed by atoms with Gasteiger partial charge in [0, 0.05) is 52.9 Å². The van der Waals surface area contributed by atoms with Gasteiger partial charge in [0.2, 0.25) is 0 Å². The number of piperazine rings is 1. The van der Waals surface area contributed by atoms with Gasteiger partial charge in [-0.2, -0.15) is 0 Å². The summed E-state index contributed by atoms with van der Waals surface area (Å²) in [6.45, 7) is 18.8. The largest absolute Gasteiger partial charge is 0.383 e. The summed E-state index contributed by atoms with van der Waals surface area (Å²) >= 11 is 0. The third-order valence-corrected chi connectivity index (χ3v) is 6.28. The standard InChI is InChI=1S/C19H38N4O.C2H6.CH4/c1-24-15-14-21-8-4-19(5-9-21)17-23-12-10-22(11-13-23)16-18-2-6-20-7-3-18;1-2;/h18-20H,2-17H2,1H3;1-2H3;1H4. The van der Waals surface area contributed by atoms with E-state index in [0.29, 0.717) is 0 Å². The minimum Gasteiger partial charge on any atom is -0.383 e. The number of piperidine rings is 2. The number of likely N-dealkylation sites (tertiary alicyclic amines) is 1. The lowest BCUT2D eigenvalue weighted by atomic mass is 9.95. The SMILES string of the molecule is C.CC.COCCN1CCC(CN2CCN(CC3CCNCC3)CC2)CC1. The van der Waals surface area contributed by atoms with Gasteiger partial charge < -0.3 is 24.8 Å². The van der Waals surface area contributed by atoms with Crippen LogP contribution in [0.2, 0.25) is 0 Å². The van der Waals surface area contributed by atoms with Crippen LogP contribution in [-0.2, 0) is 4.74 Å². The zero-order chi connectivity index (χ0) is 18.6. The van der Waals surface area contributed by atoms with Crippen molar-refractivity contribution in [2.24, 2.45) is 11.8 Å². The zero-order valence-corrected chi connectivity index (χ0v) is 17.7. The van der Waals surface area contributed by atoms with Gasteiger partial charge in [0.1, 0.15) is 0 Å². The Hall–Kier alpha value is -0.200. The highest BCUT2D eigenvalue weighted by molar-refractivity contribution is 4.80. The normalized spacial score (nSPS) is 24.1. The zero-order valence-electron chi connectivity index (χ0n) is 17.7. The van der Waals surface area contributed by atoms with Gasteiger partial charge >= 0.3 is 0 Å². The summed E-state index contributed by atoms with van der Waals surface area (Å²) in [5, 5.41) is 3.48. The first-order valence-corrected chi connectivity index (χ1v) is 11.2. The third-order valence-electron chi connectivity index (χ3n) is 6.28. The Labute approximate surface area is 169 Å². The molecule has 0 aromatic carbocycles. The van der Waals surface area contributed by atoms with Gasteiger partial charge in [-0.1, -0.05) is 21.3 Å². The van der Waals surface area contributed by atoms with Crippen LogP contribution in [0.4, 0.5) is 0 Å². The molecular formula is C22H48N4O. The van der Waals surface area contributed by atoms with Crippen LogP contribution < -0.4 is 5.32 Å². The maximum Gasteiger partial charge on any atom is 0.0589 e. The Morgan fingerprint density at radius 3 is 1.70 bits per heavy atom. The molecule has 0 radical (unpaired) electrons. The average Bonchev–Trinajstić information content (AvgIpc) is 2.71. The molecule has 1 N–H and O–H groups in total. The summed E-state index contributed by atoms with van der Waals surface area (Å²) in [5.41, 5.74) is 0. The van der Waals surface area contributed by atoms with Crippen LogP contribution in [0.1, 0.15) is 47.0 Å². The summed E-state index contributed by atoms with van der Waals surface area (Å²) in [6, 6.07) is 0. The van der Waals surface area contributed by atoms with Crippen LogP contribution in [0.5, 0.6) is 0 Å². The monoisotopic (exact) mass is 384 g/mol. The number of hydrogen-bond acceptors (Lipinski definition) is 5. The number of hydrogen-bond donors (Lipinski definition) is 1. The van der Waals surface area contributed by atoms with E-state index in [1.807, 2.05) is 13.8 Å². The molecule has 0 aromatic rings. The minimum atomic E-state index is 0. The third kappa shape index (κ3) is 9.23. The predicted molar refractivity (Wildman–Crippen MR) is 118 cm³/mol. The van der Waals surface area contributed by atoms with Crippen molar-refractivity contribution < 1.29 is 4.74 Å². The lowest BCUT2D eigenvalue weighted by Crippen LogP contribution is -2.50. The van der Waals surface area contributed by atoms with E-state index in [0.717, 1.165) is 25.0 Å². The number of nitrogens with one attached hydrogen (secondary N) is 1. The van der Waals surface area contributed by atoms with Crippen molar-refractivity contribution in [1.29, 1.82) is 0 Å². The van der Waals surface area contributed by atoms with Crippen molar-refractivity contribution in [3.05, 3.63) is 0 Å². The number of ether oxygens (including phenoxy) is 1. The van der Waals surface area contributed by atoms with Crippen molar-refractivity contribution in [1.82, 2.24) is 20.0 Å². The van der Waals surface area contributed by atoms with E-state index >= 15 is 0 Å². The average molecular weight is 385 g/mol. The first-order chi connectivity index (χ1) is 12.8. The lowest BCUT2D eigenvalue weighted by Gasteiger charge is -2.40. The Bertz CT molecular complexity index is 333. The molecule has 0 bridgehead atoms. The quantitative estimate of drug-likeness (QED) is 0.729. The molecule has 3 aliphatic heterocycles. The van der Waals surface area contributed by atoms with Gasteiger partial charge in [-0.3, -0.25) is 0 Å². The Balaban J connectivity index is 0.00000118. The fraction of sp³-hybridized carbons (Fsp3) is 1.00. The van der Waals surface area contributed by atoms with Crippen molar-refractivity contribution in [3.8, 4) is 0 Å². The molecule has 0 amide bonds. The first-order valence-electron chi connectivity index (χ1n) is 11.2. The first kappa shape index (κ1) is 24.8. The molecule has 0 unspecified atom stereocenters. The van der Waals surface area contributed by atoms with Crippen LogP contribution in [0.25, 0.3) is 0 Å². The Kier molecular flexibility index (Phi) is 13.6. The molecule has 3 fully saturated rings. The summed E-state index contributed by atoms with van der Waals surface area (Å²) in [7, 11) is 1.80. The molecular weight excluding hydrogens is 336 g/mol. The second-order valence-corrected chi connectivity index (χ2v) is 8.07. The Morgan fingerprint density at radius 1 is 0.741 bits per heavy atom. The van der Waals surface area contributed by atoms with Gasteiger partial charge in [0.25, 0.3) is 0 Å². The molecule has 3 aliphatic rings. The van der Waals surface area contributed by atoms with Crippen LogP contribution >= 0.6 is 0 Å². The summed E-state index contributed by atoms with van der Waals surface area (Å²) < 4.78 is 5.20. The van der Waals surface area contributed by atoms with Gasteiger partial charge in [-0.05, 0) is 63.7 Å². The smallest absolute Gasteiger partial charge is 0.0589 e. The second kappa shape index (κ2) is 14.7. The second-order valence-electron chi connectivity index (χ2n) is 8.07. The van der Waals surface area contributed by atoms with E-state index < -0.39 is 0 Å². The highest BCUT2D eigenvalue weighted by atomic mass is 16.5. The number of methoxy groups -OCH3 is 1. The van der Waals surface area contributed by atoms with E-state index in [4.69, 9.17) is 4.74 Å². The molecule has 27 heavy (non-hydrogen) atoms. The fourth-order valence-corrected chi connectivity index (χ4v) is 4.56. The molecule has 3 saturated heterocycles. The van der Waals surface area contributed by atoms with E-state index in [1.54, 1.807) is 7.11 Å². The van der Waals surface area contributed by atoms with Crippen molar-refractivity contribution in [3.63, 3.8) is 0 Å². The predicted octanol–water partition coefficient (Wildman–Crippen LogP) is 2.62. The molecule has 0 spiro atoms. The van der Waals surface area contributed by atoms with Gasteiger partial charge in [0.15, 0.2) is 0 Å². The van der Waals surface area contributed by atoms with E-state index in [-0.39, 0.29) is 7.43 Å². The molecule has 3 heterocycles. The van der Waals surface area contributed by atoms with E-state index in [9.17, 15) is 0 Å². The van der Waals surface area contributed by atoms with Crippen LogP contribution in [0.3, 0.4) is 0 Å². The molecule has 3 rings (SSSR count). The van der Waals surface area contributed by atoms with E-state index in [1.165, 1.54) is 91.1 Å². The number of nitrogens with zero attached hydrogens (tertiary/aromatic N) is 3. The fourth-order valence-electron chi connectivity index (χ4n) is 4.56. The molecule has 0 saturated carbocycles. The van der Waals surface area contributed by atoms with Crippen LogP contribution in [-0.4, -0.2) is 100 Å². The Morgan fingerprint density at radius 2 is 1.22 bits per heavy atom. The van der Waals surface area contributed by atoms with Gasteiger partial charge in [-0.25, -0.2) is 0 Å².